The molecule has 17 heavy (non-hydrogen) atoms. The highest BCUT2D eigenvalue weighted by Crippen LogP contribution is 2.11. The van der Waals surface area contributed by atoms with Crippen LogP contribution < -0.4 is 5.73 Å². The quantitative estimate of drug-likeness (QED) is 0.844. The third kappa shape index (κ3) is 3.44. The Bertz CT molecular complexity index is 367. The van der Waals surface area contributed by atoms with Crippen LogP contribution in [-0.4, -0.2) is 28.9 Å². The number of nitrogens with two attached hydrogens (primary N) is 1. The molecule has 92 valence electrons. The maximum atomic E-state index is 12.1. The predicted octanol–water partition coefficient (Wildman–Crippen LogP) is 1.61. The molecule has 0 spiro atoms. The largest absolute Gasteiger partial charge is 0.397 e. The molecular formula is C13H19N3O. The average Bonchev–Trinajstić information content (AvgIpc) is 2.61. The van der Waals surface area contributed by atoms with Crippen molar-refractivity contribution in [3.05, 3.63) is 24.0 Å². The van der Waals surface area contributed by atoms with Crippen LogP contribution >= 0.6 is 0 Å². The van der Waals surface area contributed by atoms with E-state index in [0.717, 1.165) is 31.6 Å². The molecule has 4 nitrogen and oxygen atoms in total. The molecule has 1 amide bonds. The molecule has 2 rings (SSSR count). The number of hydrogen-bond acceptors (Lipinski definition) is 3. The van der Waals surface area contributed by atoms with E-state index in [4.69, 9.17) is 5.73 Å². The van der Waals surface area contributed by atoms with Crippen LogP contribution in [0.1, 0.15) is 31.4 Å². The van der Waals surface area contributed by atoms with Gasteiger partial charge in [-0.1, -0.05) is 12.8 Å². The van der Waals surface area contributed by atoms with E-state index in [1.165, 1.54) is 12.8 Å². The smallest absolute Gasteiger partial charge is 0.228 e. The topological polar surface area (TPSA) is 59.2 Å². The Kier molecular flexibility index (Phi) is 3.96. The van der Waals surface area contributed by atoms with E-state index in [2.05, 4.69) is 4.98 Å². The van der Waals surface area contributed by atoms with E-state index in [-0.39, 0.29) is 5.91 Å². The van der Waals surface area contributed by atoms with Crippen molar-refractivity contribution in [2.75, 3.05) is 18.8 Å². The molecule has 2 heterocycles. The Labute approximate surface area is 102 Å². The van der Waals surface area contributed by atoms with E-state index in [0.29, 0.717) is 12.1 Å². The maximum Gasteiger partial charge on any atom is 0.228 e. The molecule has 0 saturated carbocycles. The van der Waals surface area contributed by atoms with E-state index >= 15 is 0 Å². The van der Waals surface area contributed by atoms with Gasteiger partial charge in [-0.25, -0.2) is 0 Å². The number of anilines is 1. The maximum absolute atomic E-state index is 12.1. The minimum Gasteiger partial charge on any atom is -0.397 e. The fraction of sp³-hybridized carbons (Fsp3) is 0.538. The van der Waals surface area contributed by atoms with Gasteiger partial charge in [0, 0.05) is 18.8 Å². The van der Waals surface area contributed by atoms with Gasteiger partial charge in [0.2, 0.25) is 5.91 Å². The molecular weight excluding hydrogens is 214 g/mol. The second kappa shape index (κ2) is 5.66. The Morgan fingerprint density at radius 3 is 2.53 bits per heavy atom. The van der Waals surface area contributed by atoms with Gasteiger partial charge in [-0.2, -0.15) is 0 Å². The highest BCUT2D eigenvalue weighted by atomic mass is 16.2. The molecule has 1 aromatic rings. The zero-order chi connectivity index (χ0) is 12.1. The molecule has 0 unspecified atom stereocenters. The monoisotopic (exact) mass is 233 g/mol. The summed E-state index contributed by atoms with van der Waals surface area (Å²) in [4.78, 5) is 18.2. The van der Waals surface area contributed by atoms with Gasteiger partial charge in [-0.3, -0.25) is 9.78 Å². The number of rotatable bonds is 2. The fourth-order valence-electron chi connectivity index (χ4n) is 2.13. The number of pyridine rings is 1. The number of hydrogen-bond donors (Lipinski definition) is 1. The standard InChI is InChI=1S/C13H19N3O/c14-11-5-6-12(15-10-11)9-13(17)16-7-3-1-2-4-8-16/h5-6,10H,1-4,7-9,14H2. The summed E-state index contributed by atoms with van der Waals surface area (Å²) >= 11 is 0. The lowest BCUT2D eigenvalue weighted by Crippen LogP contribution is -2.33. The fourth-order valence-corrected chi connectivity index (χ4v) is 2.13. The van der Waals surface area contributed by atoms with Gasteiger partial charge in [0.15, 0.2) is 0 Å². The Hall–Kier alpha value is -1.58. The van der Waals surface area contributed by atoms with Crippen molar-refractivity contribution in [3.63, 3.8) is 0 Å². The molecule has 0 aliphatic carbocycles. The predicted molar refractivity (Wildman–Crippen MR) is 67.4 cm³/mol. The van der Waals surface area contributed by atoms with Crippen molar-refractivity contribution >= 4 is 11.6 Å². The Morgan fingerprint density at radius 2 is 1.94 bits per heavy atom. The molecule has 0 atom stereocenters. The molecule has 1 aliphatic heterocycles. The van der Waals surface area contributed by atoms with Gasteiger partial charge in [0.1, 0.15) is 0 Å². The van der Waals surface area contributed by atoms with Crippen molar-refractivity contribution in [2.24, 2.45) is 0 Å². The van der Waals surface area contributed by atoms with E-state index in [1.54, 1.807) is 12.3 Å². The number of likely N-dealkylation sites (tertiary alicyclic amines) is 1. The molecule has 2 N–H and O–H groups in total. The van der Waals surface area contributed by atoms with E-state index in [9.17, 15) is 4.79 Å². The minimum absolute atomic E-state index is 0.184. The average molecular weight is 233 g/mol. The third-order valence-electron chi connectivity index (χ3n) is 3.14. The summed E-state index contributed by atoms with van der Waals surface area (Å²) in [6.45, 7) is 1.79. The van der Waals surface area contributed by atoms with Gasteiger partial charge < -0.3 is 10.6 Å². The zero-order valence-electron chi connectivity index (χ0n) is 10.1. The van der Waals surface area contributed by atoms with Crippen LogP contribution in [0.3, 0.4) is 0 Å². The molecule has 0 radical (unpaired) electrons. The molecule has 1 aliphatic rings. The van der Waals surface area contributed by atoms with Crippen molar-refractivity contribution in [1.29, 1.82) is 0 Å². The zero-order valence-corrected chi connectivity index (χ0v) is 10.1. The number of nitrogen functional groups attached to an aromatic ring is 1. The van der Waals surface area contributed by atoms with Crippen molar-refractivity contribution in [2.45, 2.75) is 32.1 Å². The lowest BCUT2D eigenvalue weighted by Gasteiger charge is -2.19. The highest BCUT2D eigenvalue weighted by molar-refractivity contribution is 5.78. The molecule has 1 aromatic heterocycles. The van der Waals surface area contributed by atoms with Gasteiger partial charge in [-0.15, -0.1) is 0 Å². The van der Waals surface area contributed by atoms with Crippen molar-refractivity contribution < 1.29 is 4.79 Å². The van der Waals surface area contributed by atoms with Crippen LogP contribution in [-0.2, 0) is 11.2 Å². The molecule has 0 bridgehead atoms. The second-order valence-electron chi connectivity index (χ2n) is 4.55. The Balaban J connectivity index is 1.93. The van der Waals surface area contributed by atoms with Gasteiger partial charge >= 0.3 is 0 Å². The van der Waals surface area contributed by atoms with Crippen LogP contribution in [0.25, 0.3) is 0 Å². The SMILES string of the molecule is Nc1ccc(CC(=O)N2CCCCCC2)nc1. The summed E-state index contributed by atoms with van der Waals surface area (Å²) < 4.78 is 0. The summed E-state index contributed by atoms with van der Waals surface area (Å²) in [5.74, 6) is 0.184. The Morgan fingerprint density at radius 1 is 1.24 bits per heavy atom. The lowest BCUT2D eigenvalue weighted by atomic mass is 10.2. The third-order valence-corrected chi connectivity index (χ3v) is 3.14. The first-order chi connectivity index (χ1) is 8.25. The second-order valence-corrected chi connectivity index (χ2v) is 4.55. The van der Waals surface area contributed by atoms with E-state index < -0.39 is 0 Å². The lowest BCUT2D eigenvalue weighted by molar-refractivity contribution is -0.130. The summed E-state index contributed by atoms with van der Waals surface area (Å²) in [5, 5.41) is 0. The first kappa shape index (κ1) is 11.9. The van der Waals surface area contributed by atoms with Crippen molar-refractivity contribution in [1.82, 2.24) is 9.88 Å². The van der Waals surface area contributed by atoms with Gasteiger partial charge in [0.25, 0.3) is 0 Å². The summed E-state index contributed by atoms with van der Waals surface area (Å²) in [7, 11) is 0. The number of carbonyl (C=O) groups is 1. The van der Waals surface area contributed by atoms with Crippen LogP contribution in [0, 0.1) is 0 Å². The molecule has 1 saturated heterocycles. The number of carbonyl (C=O) groups excluding carboxylic acids is 1. The number of aromatic nitrogens is 1. The molecule has 0 aromatic carbocycles. The van der Waals surface area contributed by atoms with Crippen molar-refractivity contribution in [3.8, 4) is 0 Å². The first-order valence-electron chi connectivity index (χ1n) is 6.24. The van der Waals surface area contributed by atoms with E-state index in [1.807, 2.05) is 11.0 Å². The molecule has 4 heteroatoms. The molecule has 1 fully saturated rings. The van der Waals surface area contributed by atoms with Crippen LogP contribution in [0.4, 0.5) is 5.69 Å². The van der Waals surface area contributed by atoms with Crippen LogP contribution in [0.5, 0.6) is 0 Å². The normalized spacial score (nSPS) is 16.6. The summed E-state index contributed by atoms with van der Waals surface area (Å²) in [6, 6.07) is 3.61. The summed E-state index contributed by atoms with van der Waals surface area (Å²) in [5.41, 5.74) is 7.00. The van der Waals surface area contributed by atoms with Crippen LogP contribution in [0.2, 0.25) is 0 Å². The number of amides is 1. The van der Waals surface area contributed by atoms with Gasteiger partial charge in [-0.05, 0) is 25.0 Å². The van der Waals surface area contributed by atoms with Crippen LogP contribution in [0.15, 0.2) is 18.3 Å². The first-order valence-corrected chi connectivity index (χ1v) is 6.24. The van der Waals surface area contributed by atoms with Gasteiger partial charge in [0.05, 0.1) is 18.3 Å². The minimum atomic E-state index is 0.184. The summed E-state index contributed by atoms with van der Waals surface area (Å²) in [6.07, 6.45) is 6.72. The highest BCUT2D eigenvalue weighted by Gasteiger charge is 2.15. The number of nitrogens with zero attached hydrogens (tertiary/aromatic N) is 2.